The van der Waals surface area contributed by atoms with Crippen LogP contribution in [-0.2, 0) is 0 Å². The number of nitrogens with one attached hydrogen (secondary N) is 1. The summed E-state index contributed by atoms with van der Waals surface area (Å²) in [7, 11) is 0. The van der Waals surface area contributed by atoms with E-state index in [0.717, 1.165) is 13.1 Å². The highest BCUT2D eigenvalue weighted by molar-refractivity contribution is 4.69. The maximum Gasteiger partial charge on any atom is 0.0132 e. The molecule has 0 rings (SSSR count). The number of rotatable bonds is 15. The average Bonchev–Trinajstić information content (AvgIpc) is 2.39. The molecule has 0 aromatic carbocycles. The second-order valence-electron chi connectivity index (χ2n) is 5.11. The van der Waals surface area contributed by atoms with Crippen LogP contribution in [0.4, 0.5) is 0 Å². The quantitative estimate of drug-likeness (QED) is 0.310. The molecule has 0 atom stereocenters. The van der Waals surface area contributed by atoms with Crippen molar-refractivity contribution >= 4 is 0 Å². The van der Waals surface area contributed by atoms with Crippen molar-refractivity contribution in [2.24, 2.45) is 0 Å². The monoisotopic (exact) mass is 251 g/mol. The molecular weight excluding hydrogens is 218 g/mol. The maximum absolute atomic E-state index is 3.75. The van der Waals surface area contributed by atoms with E-state index in [4.69, 9.17) is 0 Å². The first-order valence-electron chi connectivity index (χ1n) is 7.84. The van der Waals surface area contributed by atoms with E-state index in [1.807, 2.05) is 12.2 Å². The molecule has 0 spiro atoms. The molecule has 1 nitrogen and oxygen atoms in total. The second kappa shape index (κ2) is 16.4. The summed E-state index contributed by atoms with van der Waals surface area (Å²) in [5, 5.41) is 3.35. The lowest BCUT2D eigenvalue weighted by Gasteiger charge is -2.03. The zero-order chi connectivity index (χ0) is 13.3. The van der Waals surface area contributed by atoms with Gasteiger partial charge in [-0.2, -0.15) is 0 Å². The molecule has 1 heteroatoms. The Morgan fingerprint density at radius 1 is 0.611 bits per heavy atom. The first kappa shape index (κ1) is 17.4. The molecule has 0 saturated heterocycles. The number of unbranched alkanes of at least 4 members (excludes halogenated alkanes) is 10. The van der Waals surface area contributed by atoms with Crippen LogP contribution in [0.15, 0.2) is 25.3 Å². The maximum atomic E-state index is 3.75. The topological polar surface area (TPSA) is 12.0 Å². The lowest BCUT2D eigenvalue weighted by Crippen LogP contribution is -2.14. The highest BCUT2D eigenvalue weighted by Crippen LogP contribution is 2.11. The summed E-state index contributed by atoms with van der Waals surface area (Å²) in [5.41, 5.74) is 0. The van der Waals surface area contributed by atoms with Gasteiger partial charge in [-0.15, -0.1) is 13.2 Å². The summed E-state index contributed by atoms with van der Waals surface area (Å²) in [6.45, 7) is 9.54. The molecule has 0 aromatic heterocycles. The molecule has 106 valence electrons. The van der Waals surface area contributed by atoms with Gasteiger partial charge in [-0.25, -0.2) is 0 Å². The van der Waals surface area contributed by atoms with E-state index in [1.165, 1.54) is 70.6 Å². The summed E-state index contributed by atoms with van der Waals surface area (Å²) in [4.78, 5) is 0. The first-order chi connectivity index (χ1) is 8.91. The summed E-state index contributed by atoms with van der Waals surface area (Å²) >= 11 is 0. The fourth-order valence-corrected chi connectivity index (χ4v) is 2.16. The van der Waals surface area contributed by atoms with Crippen molar-refractivity contribution < 1.29 is 0 Å². The Morgan fingerprint density at radius 3 is 1.61 bits per heavy atom. The lowest BCUT2D eigenvalue weighted by atomic mass is 10.1. The van der Waals surface area contributed by atoms with Gasteiger partial charge in [0.05, 0.1) is 0 Å². The summed E-state index contributed by atoms with van der Waals surface area (Å²) in [6.07, 6.45) is 19.1. The fraction of sp³-hybridized carbons (Fsp3) is 0.765. The summed E-state index contributed by atoms with van der Waals surface area (Å²) in [6, 6.07) is 0. The van der Waals surface area contributed by atoms with Gasteiger partial charge in [0.15, 0.2) is 0 Å². The Hall–Kier alpha value is -0.560. The molecule has 0 radical (unpaired) electrons. The van der Waals surface area contributed by atoms with Crippen molar-refractivity contribution in [2.45, 2.75) is 70.6 Å². The molecule has 0 saturated carbocycles. The predicted octanol–water partition coefficient (Wildman–Crippen LogP) is 5.24. The van der Waals surface area contributed by atoms with Crippen LogP contribution in [0.1, 0.15) is 70.6 Å². The zero-order valence-electron chi connectivity index (χ0n) is 12.3. The van der Waals surface area contributed by atoms with E-state index in [9.17, 15) is 0 Å². The molecule has 1 N–H and O–H groups in total. The third kappa shape index (κ3) is 15.4. The van der Waals surface area contributed by atoms with E-state index in [-0.39, 0.29) is 0 Å². The lowest BCUT2D eigenvalue weighted by molar-refractivity contribution is 0.546. The van der Waals surface area contributed by atoms with Crippen LogP contribution in [0.25, 0.3) is 0 Å². The normalized spacial score (nSPS) is 10.4. The standard InChI is InChI=1S/C17H33N/c1-3-5-6-7-8-9-10-11-12-13-14-15-17-18-16-4-2/h3-4,18H,1-2,5-17H2. The smallest absolute Gasteiger partial charge is 0.0132 e. The summed E-state index contributed by atoms with van der Waals surface area (Å²) < 4.78 is 0. The Balaban J connectivity index is 2.90. The third-order valence-corrected chi connectivity index (χ3v) is 3.30. The van der Waals surface area contributed by atoms with Crippen molar-refractivity contribution in [3.05, 3.63) is 25.3 Å². The van der Waals surface area contributed by atoms with Crippen molar-refractivity contribution in [3.63, 3.8) is 0 Å². The van der Waals surface area contributed by atoms with Gasteiger partial charge in [-0.1, -0.05) is 63.5 Å². The van der Waals surface area contributed by atoms with Gasteiger partial charge in [-0.3, -0.25) is 0 Å². The highest BCUT2D eigenvalue weighted by Gasteiger charge is 1.92. The molecule has 0 unspecified atom stereocenters. The number of hydrogen-bond acceptors (Lipinski definition) is 1. The molecule has 0 aliphatic rings. The number of allylic oxidation sites excluding steroid dienone is 1. The van der Waals surface area contributed by atoms with Crippen molar-refractivity contribution in [1.29, 1.82) is 0 Å². The van der Waals surface area contributed by atoms with Crippen LogP contribution >= 0.6 is 0 Å². The van der Waals surface area contributed by atoms with Crippen molar-refractivity contribution in [2.75, 3.05) is 13.1 Å². The molecule has 18 heavy (non-hydrogen) atoms. The number of hydrogen-bond donors (Lipinski definition) is 1. The fourth-order valence-electron chi connectivity index (χ4n) is 2.16. The Kier molecular flexibility index (Phi) is 15.9. The van der Waals surface area contributed by atoms with Crippen LogP contribution < -0.4 is 5.32 Å². The van der Waals surface area contributed by atoms with E-state index in [0.29, 0.717) is 0 Å². The minimum atomic E-state index is 0.950. The highest BCUT2D eigenvalue weighted by atomic mass is 14.8. The molecule has 0 aliphatic heterocycles. The van der Waals surface area contributed by atoms with Gasteiger partial charge in [-0.05, 0) is 25.8 Å². The van der Waals surface area contributed by atoms with Gasteiger partial charge in [0.25, 0.3) is 0 Å². The van der Waals surface area contributed by atoms with Gasteiger partial charge in [0, 0.05) is 6.54 Å². The van der Waals surface area contributed by atoms with Crippen molar-refractivity contribution in [1.82, 2.24) is 5.32 Å². The van der Waals surface area contributed by atoms with E-state index < -0.39 is 0 Å². The minimum Gasteiger partial charge on any atom is -0.313 e. The predicted molar refractivity (Wildman–Crippen MR) is 84.1 cm³/mol. The Morgan fingerprint density at radius 2 is 1.11 bits per heavy atom. The van der Waals surface area contributed by atoms with E-state index >= 15 is 0 Å². The zero-order valence-corrected chi connectivity index (χ0v) is 12.3. The molecule has 0 amide bonds. The minimum absolute atomic E-state index is 0.950. The van der Waals surface area contributed by atoms with Crippen LogP contribution in [0.3, 0.4) is 0 Å². The average molecular weight is 251 g/mol. The van der Waals surface area contributed by atoms with Crippen LogP contribution in [-0.4, -0.2) is 13.1 Å². The molecule has 0 aromatic rings. The third-order valence-electron chi connectivity index (χ3n) is 3.30. The largest absolute Gasteiger partial charge is 0.313 e. The van der Waals surface area contributed by atoms with E-state index in [1.54, 1.807) is 0 Å². The van der Waals surface area contributed by atoms with Gasteiger partial charge in [0.2, 0.25) is 0 Å². The molecule has 0 bridgehead atoms. The Labute approximate surface area is 115 Å². The van der Waals surface area contributed by atoms with Crippen LogP contribution in [0, 0.1) is 0 Å². The Bertz CT molecular complexity index is 154. The van der Waals surface area contributed by atoms with Gasteiger partial charge >= 0.3 is 0 Å². The summed E-state index contributed by atoms with van der Waals surface area (Å²) in [5.74, 6) is 0. The SMILES string of the molecule is C=CCCCCCCCCCCCCNCC=C. The van der Waals surface area contributed by atoms with Gasteiger partial charge < -0.3 is 5.32 Å². The second-order valence-corrected chi connectivity index (χ2v) is 5.11. The van der Waals surface area contributed by atoms with Crippen LogP contribution in [0.2, 0.25) is 0 Å². The molecule has 0 heterocycles. The van der Waals surface area contributed by atoms with Crippen molar-refractivity contribution in [3.8, 4) is 0 Å². The first-order valence-corrected chi connectivity index (χ1v) is 7.84. The van der Waals surface area contributed by atoms with E-state index in [2.05, 4.69) is 18.5 Å². The van der Waals surface area contributed by atoms with Crippen LogP contribution in [0.5, 0.6) is 0 Å². The molecule has 0 fully saturated rings. The molecule has 0 aliphatic carbocycles. The van der Waals surface area contributed by atoms with Gasteiger partial charge in [0.1, 0.15) is 0 Å². The molecular formula is C17H33N.